The van der Waals surface area contributed by atoms with Gasteiger partial charge >= 0.3 is 0 Å². The van der Waals surface area contributed by atoms with E-state index in [-0.39, 0.29) is 0 Å². The third-order valence-electron chi connectivity index (χ3n) is 12.0. The molecule has 13 aromatic rings. The van der Waals surface area contributed by atoms with E-state index in [1.807, 2.05) is 6.20 Å². The average Bonchev–Trinajstić information content (AvgIpc) is 3.92. The van der Waals surface area contributed by atoms with Gasteiger partial charge in [0, 0.05) is 54.5 Å². The highest BCUT2D eigenvalue weighted by molar-refractivity contribution is 6.29. The van der Waals surface area contributed by atoms with Gasteiger partial charge in [-0.2, -0.15) is 0 Å². The van der Waals surface area contributed by atoms with E-state index < -0.39 is 0 Å². The summed E-state index contributed by atoms with van der Waals surface area (Å²) in [6.07, 6.45) is 1.95. The first-order chi connectivity index (χ1) is 28.3. The quantitative estimate of drug-likeness (QED) is 0.170. The van der Waals surface area contributed by atoms with Crippen molar-refractivity contribution in [2.75, 3.05) is 0 Å². The summed E-state index contributed by atoms with van der Waals surface area (Å²) in [6.45, 7) is 0. The van der Waals surface area contributed by atoms with Crippen molar-refractivity contribution in [3.8, 4) is 17.2 Å². The molecule has 0 amide bonds. The number of benzene rings is 9. The average molecular weight is 726 g/mol. The van der Waals surface area contributed by atoms with Crippen LogP contribution in [0.3, 0.4) is 0 Å². The van der Waals surface area contributed by atoms with E-state index in [2.05, 4.69) is 196 Å². The summed E-state index contributed by atoms with van der Waals surface area (Å²) in [4.78, 5) is 10.6. The standard InChI is InChI=1S/C52H31N5/c1-2-14-32(15-3-1)55-42-23-11-8-18-36(42)41-30-33(26-27-45(41)55)56-43-24-12-9-21-39(43)49-46(56)28-29-47-50(49)40-22-10-13-25-44(40)57(47)48-31-53-51-37-19-6-4-16-34(37)35-17-5-7-20-38(35)52(51)54-48/h1-31H. The smallest absolute Gasteiger partial charge is 0.156 e. The Bertz CT molecular complexity index is 3780. The minimum absolute atomic E-state index is 0.803. The van der Waals surface area contributed by atoms with Crippen molar-refractivity contribution in [2.45, 2.75) is 0 Å². The molecule has 4 heterocycles. The van der Waals surface area contributed by atoms with E-state index in [4.69, 9.17) is 9.97 Å². The van der Waals surface area contributed by atoms with Crippen LogP contribution in [0.5, 0.6) is 0 Å². The molecule has 0 spiro atoms. The molecule has 0 aliphatic carbocycles. The number of hydrogen-bond acceptors (Lipinski definition) is 2. The van der Waals surface area contributed by atoms with Gasteiger partial charge in [-0.15, -0.1) is 0 Å². The molecule has 0 fully saturated rings. The Morgan fingerprint density at radius 1 is 0.298 bits per heavy atom. The fourth-order valence-electron chi connectivity index (χ4n) is 9.72. The Morgan fingerprint density at radius 2 is 0.754 bits per heavy atom. The number of aromatic nitrogens is 5. The molecule has 4 aromatic heterocycles. The molecule has 0 unspecified atom stereocenters. The van der Waals surface area contributed by atoms with Crippen LogP contribution in [0.25, 0.3) is 115 Å². The van der Waals surface area contributed by atoms with Gasteiger partial charge in [0.15, 0.2) is 5.82 Å². The van der Waals surface area contributed by atoms with Gasteiger partial charge in [-0.05, 0) is 71.4 Å². The van der Waals surface area contributed by atoms with E-state index in [0.29, 0.717) is 0 Å². The summed E-state index contributed by atoms with van der Waals surface area (Å²) < 4.78 is 7.12. The van der Waals surface area contributed by atoms with Crippen LogP contribution >= 0.6 is 0 Å². The molecule has 0 atom stereocenters. The SMILES string of the molecule is c1ccc(-n2c3ccccc3c3cc(-n4c5ccccc5c5c6c7ccccc7n(-c7cnc8c9ccccc9c9ccccc9c8n7)c6ccc54)ccc32)cc1. The van der Waals surface area contributed by atoms with Crippen LogP contribution in [0.2, 0.25) is 0 Å². The molecule has 0 saturated heterocycles. The van der Waals surface area contributed by atoms with Crippen LogP contribution in [0.4, 0.5) is 0 Å². The van der Waals surface area contributed by atoms with Crippen molar-refractivity contribution in [3.63, 3.8) is 0 Å². The van der Waals surface area contributed by atoms with Crippen LogP contribution in [-0.4, -0.2) is 23.7 Å². The van der Waals surface area contributed by atoms with E-state index in [0.717, 1.165) is 50.0 Å². The summed E-state index contributed by atoms with van der Waals surface area (Å²) in [5.74, 6) is 0.803. The zero-order valence-electron chi connectivity index (χ0n) is 30.6. The van der Waals surface area contributed by atoms with Gasteiger partial charge in [-0.1, -0.05) is 121 Å². The Hall–Kier alpha value is -7.76. The van der Waals surface area contributed by atoms with E-state index in [1.165, 1.54) is 65.2 Å². The van der Waals surface area contributed by atoms with Gasteiger partial charge in [-0.25, -0.2) is 4.98 Å². The lowest BCUT2D eigenvalue weighted by Crippen LogP contribution is -2.00. The third-order valence-corrected chi connectivity index (χ3v) is 12.0. The zero-order chi connectivity index (χ0) is 37.2. The van der Waals surface area contributed by atoms with Crippen molar-refractivity contribution < 1.29 is 0 Å². The van der Waals surface area contributed by atoms with Gasteiger partial charge in [0.1, 0.15) is 0 Å². The van der Waals surface area contributed by atoms with Crippen molar-refractivity contribution >= 4 is 98.0 Å². The predicted octanol–water partition coefficient (Wildman–Crippen LogP) is 13.2. The molecule has 0 radical (unpaired) electrons. The summed E-state index contributed by atoms with van der Waals surface area (Å²) in [5.41, 5.74) is 11.1. The molecular formula is C52H31N5. The highest BCUT2D eigenvalue weighted by Gasteiger charge is 2.22. The normalized spacial score (nSPS) is 12.2. The number of rotatable bonds is 3. The first-order valence-corrected chi connectivity index (χ1v) is 19.4. The minimum atomic E-state index is 0.803. The Morgan fingerprint density at radius 3 is 1.42 bits per heavy atom. The summed E-state index contributed by atoms with van der Waals surface area (Å²) in [6, 6.07) is 65.5. The van der Waals surface area contributed by atoms with Crippen LogP contribution in [0.1, 0.15) is 0 Å². The highest BCUT2D eigenvalue weighted by Crippen LogP contribution is 2.43. The maximum atomic E-state index is 5.46. The second-order valence-electron chi connectivity index (χ2n) is 15.0. The fraction of sp³-hybridized carbons (Fsp3) is 0. The van der Waals surface area contributed by atoms with Gasteiger partial charge < -0.3 is 9.13 Å². The topological polar surface area (TPSA) is 40.6 Å². The summed E-state index contributed by atoms with van der Waals surface area (Å²) in [5, 5.41) is 11.9. The van der Waals surface area contributed by atoms with Crippen LogP contribution in [0, 0.1) is 0 Å². The zero-order valence-corrected chi connectivity index (χ0v) is 30.6. The number of nitrogens with zero attached hydrogens (tertiary/aromatic N) is 5. The molecule has 264 valence electrons. The lowest BCUT2D eigenvalue weighted by molar-refractivity contribution is 1.08. The molecule has 57 heavy (non-hydrogen) atoms. The molecule has 13 rings (SSSR count). The molecular weight excluding hydrogens is 695 g/mol. The predicted molar refractivity (Wildman–Crippen MR) is 238 cm³/mol. The Kier molecular flexibility index (Phi) is 6.10. The molecule has 5 nitrogen and oxygen atoms in total. The first-order valence-electron chi connectivity index (χ1n) is 19.4. The maximum Gasteiger partial charge on any atom is 0.156 e. The molecule has 0 N–H and O–H groups in total. The van der Waals surface area contributed by atoms with Crippen molar-refractivity contribution in [2.24, 2.45) is 0 Å². The molecule has 9 aromatic carbocycles. The first kappa shape index (κ1) is 30.6. The molecule has 0 saturated carbocycles. The maximum absolute atomic E-state index is 5.46. The van der Waals surface area contributed by atoms with Gasteiger partial charge in [0.2, 0.25) is 0 Å². The van der Waals surface area contributed by atoms with E-state index >= 15 is 0 Å². The number of hydrogen-bond donors (Lipinski definition) is 0. The Balaban J connectivity index is 1.10. The van der Waals surface area contributed by atoms with Gasteiger partial charge in [-0.3, -0.25) is 9.55 Å². The molecule has 0 aliphatic rings. The monoisotopic (exact) mass is 725 g/mol. The van der Waals surface area contributed by atoms with E-state index in [9.17, 15) is 0 Å². The summed E-state index contributed by atoms with van der Waals surface area (Å²) >= 11 is 0. The van der Waals surface area contributed by atoms with Crippen molar-refractivity contribution in [1.82, 2.24) is 23.7 Å². The highest BCUT2D eigenvalue weighted by atomic mass is 15.1. The molecule has 0 aliphatic heterocycles. The molecule has 0 bridgehead atoms. The van der Waals surface area contributed by atoms with E-state index in [1.54, 1.807) is 0 Å². The second-order valence-corrected chi connectivity index (χ2v) is 15.0. The third kappa shape index (κ3) is 4.12. The van der Waals surface area contributed by atoms with Gasteiger partial charge in [0.05, 0.1) is 50.3 Å². The number of para-hydroxylation sites is 4. The van der Waals surface area contributed by atoms with Crippen LogP contribution in [-0.2, 0) is 0 Å². The Labute approximate surface area is 325 Å². The van der Waals surface area contributed by atoms with Crippen molar-refractivity contribution in [3.05, 3.63) is 188 Å². The molecule has 5 heteroatoms. The second kappa shape index (κ2) is 11.4. The fourth-order valence-corrected chi connectivity index (χ4v) is 9.72. The van der Waals surface area contributed by atoms with Crippen molar-refractivity contribution in [1.29, 1.82) is 0 Å². The van der Waals surface area contributed by atoms with Gasteiger partial charge in [0.25, 0.3) is 0 Å². The minimum Gasteiger partial charge on any atom is -0.309 e. The summed E-state index contributed by atoms with van der Waals surface area (Å²) in [7, 11) is 0. The number of fused-ring (bicyclic) bond motifs is 16. The lowest BCUT2D eigenvalue weighted by Gasteiger charge is -2.12. The van der Waals surface area contributed by atoms with Crippen LogP contribution in [0.15, 0.2) is 188 Å². The lowest BCUT2D eigenvalue weighted by atomic mass is 10.00. The largest absolute Gasteiger partial charge is 0.309 e. The van der Waals surface area contributed by atoms with Crippen LogP contribution < -0.4 is 0 Å².